The molecule has 9 nitrogen and oxygen atoms in total. The molecule has 1 aliphatic heterocycles. The van der Waals surface area contributed by atoms with Crippen LogP contribution in [0.1, 0.15) is 43.7 Å². The molecule has 1 fully saturated rings. The third-order valence-electron chi connectivity index (χ3n) is 6.33. The number of carbonyl (C=O) groups excluding carboxylic acids is 3. The molecule has 0 spiro atoms. The number of benzene rings is 2. The van der Waals surface area contributed by atoms with Gasteiger partial charge >= 0.3 is 0 Å². The maximum Gasteiger partial charge on any atom is 0.287 e. The van der Waals surface area contributed by atoms with Crippen molar-refractivity contribution < 1.29 is 27.2 Å². The predicted molar refractivity (Wildman–Crippen MR) is 143 cm³/mol. The standard InChI is InChI=1S/C27H30ClN3O6S/c1-17(2)14-21(30-26(33)25-15-18-6-3-4-8-24(18)37-25)27(34)31(22-7-5-13-29-16-23(22)32)38(35,36)20-11-9-19(28)10-12-20/h3-4,6,8-12,15,17,21-22,29H,5,7,13-14,16H2,1-2H3,(H,30,33)/t21-,22?/m0/s1. The fraction of sp³-hybridized carbons (Fsp3) is 0.370. The molecule has 1 unspecified atom stereocenters. The number of nitrogens with zero attached hydrogens (tertiary/aromatic N) is 1. The molecule has 3 aromatic rings. The van der Waals surface area contributed by atoms with Gasteiger partial charge in [0.05, 0.1) is 11.4 Å². The Kier molecular flexibility index (Phi) is 8.54. The van der Waals surface area contributed by atoms with Crippen LogP contribution in [0.25, 0.3) is 11.0 Å². The summed E-state index contributed by atoms with van der Waals surface area (Å²) in [5.41, 5.74) is 0.507. The van der Waals surface area contributed by atoms with E-state index in [0.717, 1.165) is 0 Å². The Hall–Kier alpha value is -3.21. The average Bonchev–Trinajstić information content (AvgIpc) is 3.21. The maximum absolute atomic E-state index is 14.1. The minimum Gasteiger partial charge on any atom is -0.451 e. The largest absolute Gasteiger partial charge is 0.451 e. The van der Waals surface area contributed by atoms with Crippen LogP contribution in [0.5, 0.6) is 0 Å². The van der Waals surface area contributed by atoms with Gasteiger partial charge in [0.1, 0.15) is 17.7 Å². The minimum absolute atomic E-state index is 0.00499. The lowest BCUT2D eigenvalue weighted by Crippen LogP contribution is -2.56. The number of carbonyl (C=O) groups is 3. The molecule has 11 heteroatoms. The molecular weight excluding hydrogens is 530 g/mol. The van der Waals surface area contributed by atoms with E-state index in [-0.39, 0.29) is 36.0 Å². The van der Waals surface area contributed by atoms with Crippen molar-refractivity contribution >= 4 is 50.2 Å². The van der Waals surface area contributed by atoms with E-state index in [0.29, 0.717) is 33.3 Å². The van der Waals surface area contributed by atoms with E-state index in [4.69, 9.17) is 16.0 Å². The molecule has 2 atom stereocenters. The van der Waals surface area contributed by atoms with Crippen LogP contribution in [0.2, 0.25) is 5.02 Å². The van der Waals surface area contributed by atoms with E-state index >= 15 is 0 Å². The second-order valence-corrected chi connectivity index (χ2v) is 11.9. The van der Waals surface area contributed by atoms with Gasteiger partial charge in [0, 0.05) is 10.4 Å². The van der Waals surface area contributed by atoms with Gasteiger partial charge in [-0.15, -0.1) is 0 Å². The number of ketones is 1. The summed E-state index contributed by atoms with van der Waals surface area (Å²) < 4.78 is 34.0. The highest BCUT2D eigenvalue weighted by molar-refractivity contribution is 7.89. The topological polar surface area (TPSA) is 126 Å². The third-order valence-corrected chi connectivity index (χ3v) is 8.40. The Morgan fingerprint density at radius 3 is 2.55 bits per heavy atom. The van der Waals surface area contributed by atoms with Gasteiger partial charge in [0.2, 0.25) is 0 Å². The van der Waals surface area contributed by atoms with Crippen molar-refractivity contribution in [2.45, 2.75) is 50.1 Å². The van der Waals surface area contributed by atoms with Gasteiger partial charge < -0.3 is 15.1 Å². The molecule has 2 aromatic carbocycles. The fourth-order valence-electron chi connectivity index (χ4n) is 4.49. The highest BCUT2D eigenvalue weighted by Gasteiger charge is 2.43. The Morgan fingerprint density at radius 1 is 1.16 bits per heavy atom. The molecule has 0 bridgehead atoms. The second-order valence-electron chi connectivity index (χ2n) is 9.70. The Morgan fingerprint density at radius 2 is 1.87 bits per heavy atom. The van der Waals surface area contributed by atoms with Crippen LogP contribution in [-0.4, -0.2) is 55.5 Å². The molecule has 0 saturated carbocycles. The number of sulfonamides is 1. The highest BCUT2D eigenvalue weighted by atomic mass is 35.5. The lowest BCUT2D eigenvalue weighted by atomic mass is 10.0. The molecule has 2 amide bonds. The predicted octanol–water partition coefficient (Wildman–Crippen LogP) is 3.77. The number of halogens is 1. The van der Waals surface area contributed by atoms with Crippen LogP contribution in [-0.2, 0) is 19.6 Å². The summed E-state index contributed by atoms with van der Waals surface area (Å²) in [6, 6.07) is 11.6. The van der Waals surface area contributed by atoms with Gasteiger partial charge in [-0.1, -0.05) is 43.6 Å². The van der Waals surface area contributed by atoms with E-state index in [2.05, 4.69) is 10.6 Å². The van der Waals surface area contributed by atoms with Crippen molar-refractivity contribution in [2.75, 3.05) is 13.1 Å². The van der Waals surface area contributed by atoms with Crippen LogP contribution in [0.15, 0.2) is 63.9 Å². The van der Waals surface area contributed by atoms with E-state index in [1.165, 1.54) is 24.3 Å². The van der Waals surface area contributed by atoms with E-state index in [9.17, 15) is 22.8 Å². The lowest BCUT2D eigenvalue weighted by molar-refractivity contribution is -0.135. The van der Waals surface area contributed by atoms with Gasteiger partial charge in [0.25, 0.3) is 21.8 Å². The third kappa shape index (κ3) is 6.09. The van der Waals surface area contributed by atoms with Crippen molar-refractivity contribution in [2.24, 2.45) is 5.92 Å². The van der Waals surface area contributed by atoms with Gasteiger partial charge in [0.15, 0.2) is 11.5 Å². The quantitative estimate of drug-likeness (QED) is 0.430. The number of hydrogen-bond acceptors (Lipinski definition) is 7. The maximum atomic E-state index is 14.1. The van der Waals surface area contributed by atoms with E-state index in [1.807, 2.05) is 19.9 Å². The van der Waals surface area contributed by atoms with Crippen molar-refractivity contribution in [1.82, 2.24) is 14.9 Å². The summed E-state index contributed by atoms with van der Waals surface area (Å²) in [5, 5.41) is 6.68. The first kappa shape index (κ1) is 27.8. The number of nitrogens with one attached hydrogen (secondary N) is 2. The van der Waals surface area contributed by atoms with Gasteiger partial charge in [-0.2, -0.15) is 0 Å². The Balaban J connectivity index is 1.72. The molecular formula is C27H30ClN3O6S. The highest BCUT2D eigenvalue weighted by Crippen LogP contribution is 2.26. The molecule has 1 aliphatic rings. The summed E-state index contributed by atoms with van der Waals surface area (Å²) in [6.07, 6.45) is 0.809. The summed E-state index contributed by atoms with van der Waals surface area (Å²) in [6.45, 7) is 4.16. The smallest absolute Gasteiger partial charge is 0.287 e. The van der Waals surface area contributed by atoms with Gasteiger partial charge in [-0.05, 0) is 68.1 Å². The van der Waals surface area contributed by atoms with Crippen molar-refractivity contribution in [3.8, 4) is 0 Å². The van der Waals surface area contributed by atoms with Gasteiger partial charge in [-0.3, -0.25) is 14.4 Å². The van der Waals surface area contributed by atoms with Crippen LogP contribution in [0.3, 0.4) is 0 Å². The number of rotatable bonds is 8. The van der Waals surface area contributed by atoms with Crippen molar-refractivity contribution in [3.05, 3.63) is 65.4 Å². The lowest BCUT2D eigenvalue weighted by Gasteiger charge is -2.33. The average molecular weight is 560 g/mol. The zero-order valence-electron chi connectivity index (χ0n) is 21.1. The number of para-hydroxylation sites is 1. The fourth-order valence-corrected chi connectivity index (χ4v) is 6.24. The molecule has 0 radical (unpaired) electrons. The molecule has 0 aliphatic carbocycles. The molecule has 202 valence electrons. The van der Waals surface area contributed by atoms with Crippen LogP contribution >= 0.6 is 11.6 Å². The van der Waals surface area contributed by atoms with Crippen LogP contribution in [0, 0.1) is 5.92 Å². The number of hydrogen-bond donors (Lipinski definition) is 2. The zero-order valence-corrected chi connectivity index (χ0v) is 22.7. The summed E-state index contributed by atoms with van der Waals surface area (Å²) in [4.78, 5) is 40.1. The number of furan rings is 1. The van der Waals surface area contributed by atoms with Crippen molar-refractivity contribution in [1.29, 1.82) is 0 Å². The van der Waals surface area contributed by atoms with E-state index in [1.54, 1.807) is 24.3 Å². The molecule has 1 aromatic heterocycles. The van der Waals surface area contributed by atoms with Crippen molar-refractivity contribution in [3.63, 3.8) is 0 Å². The summed E-state index contributed by atoms with van der Waals surface area (Å²) in [7, 11) is -4.47. The van der Waals surface area contributed by atoms with E-state index < -0.39 is 39.7 Å². The molecule has 4 rings (SSSR count). The Bertz CT molecular complexity index is 1400. The molecule has 1 saturated heterocycles. The monoisotopic (exact) mass is 559 g/mol. The SMILES string of the molecule is CC(C)C[C@H](NC(=O)c1cc2ccccc2o1)C(=O)N(C1CCCNCC1=O)S(=O)(=O)c1ccc(Cl)cc1. The number of Topliss-reactive ketones (excluding diaryl/α,β-unsaturated/α-hetero) is 1. The first-order chi connectivity index (χ1) is 18.1. The molecule has 2 heterocycles. The molecule has 38 heavy (non-hydrogen) atoms. The zero-order chi connectivity index (χ0) is 27.4. The van der Waals surface area contributed by atoms with Crippen LogP contribution < -0.4 is 10.6 Å². The normalized spacial score (nSPS) is 17.3. The second kappa shape index (κ2) is 11.7. The minimum atomic E-state index is -4.47. The van der Waals surface area contributed by atoms with Gasteiger partial charge in [-0.25, -0.2) is 12.7 Å². The molecule has 2 N–H and O–H groups in total. The summed E-state index contributed by atoms with van der Waals surface area (Å²) in [5.74, 6) is -2.03. The first-order valence-electron chi connectivity index (χ1n) is 12.4. The number of fused-ring (bicyclic) bond motifs is 1. The number of amides is 2. The first-order valence-corrected chi connectivity index (χ1v) is 14.3. The summed E-state index contributed by atoms with van der Waals surface area (Å²) >= 11 is 5.96. The van der Waals surface area contributed by atoms with Crippen LogP contribution in [0.4, 0.5) is 0 Å². The Labute approximate surface area is 226 Å².